The van der Waals surface area contributed by atoms with E-state index in [1.54, 1.807) is 0 Å². The Kier molecular flexibility index (Phi) is 3.06. The van der Waals surface area contributed by atoms with Gasteiger partial charge in [-0.15, -0.1) is 0 Å². The van der Waals surface area contributed by atoms with Crippen LogP contribution in [0.4, 0.5) is 13.2 Å². The highest BCUT2D eigenvalue weighted by atomic mass is 19.4. The normalized spacial score (nSPS) is 12.3. The Hall–Kier alpha value is -0.730. The maximum atomic E-state index is 11.3. The summed E-state index contributed by atoms with van der Waals surface area (Å²) in [7, 11) is 0. The average molecular weight is 136 g/mol. The van der Waals surface area contributed by atoms with E-state index in [9.17, 15) is 13.2 Å². The van der Waals surface area contributed by atoms with E-state index in [2.05, 4.69) is 6.58 Å². The van der Waals surface area contributed by atoms with E-state index >= 15 is 0 Å². The number of rotatable bonds is 2. The molecule has 0 nitrogen and oxygen atoms in total. The molecule has 0 aliphatic rings. The molecule has 0 aliphatic carbocycles. The number of allylic oxidation sites excluding steroid dienone is 3. The fourth-order valence-electron chi connectivity index (χ4n) is 0.298. The summed E-state index contributed by atoms with van der Waals surface area (Å²) in [6.07, 6.45) is -1.36. The smallest absolute Gasteiger partial charge is 0.171 e. The lowest BCUT2D eigenvalue weighted by Crippen LogP contribution is -2.03. The van der Waals surface area contributed by atoms with Crippen LogP contribution in [0.15, 0.2) is 24.8 Å². The maximum Gasteiger partial charge on any atom is 0.392 e. The van der Waals surface area contributed by atoms with Crippen molar-refractivity contribution in [3.63, 3.8) is 0 Å². The molecule has 0 bridgehead atoms. The molecule has 0 fully saturated rings. The number of hydrogen-bond acceptors (Lipinski definition) is 0. The zero-order valence-electron chi connectivity index (χ0n) is 4.78. The van der Waals surface area contributed by atoms with Crippen molar-refractivity contribution in [2.75, 3.05) is 0 Å². The highest BCUT2D eigenvalue weighted by Crippen LogP contribution is 2.19. The van der Waals surface area contributed by atoms with Crippen LogP contribution in [0.5, 0.6) is 0 Å². The molecule has 0 aromatic carbocycles. The lowest BCUT2D eigenvalue weighted by atomic mass is 10.4. The van der Waals surface area contributed by atoms with Crippen LogP contribution in [0.1, 0.15) is 6.42 Å². The van der Waals surface area contributed by atoms with Crippen molar-refractivity contribution in [3.8, 4) is 0 Å². The number of hydrogen-bond donors (Lipinski definition) is 0. The van der Waals surface area contributed by atoms with Gasteiger partial charge in [0.1, 0.15) is 0 Å². The Morgan fingerprint density at radius 2 is 1.89 bits per heavy atom. The molecular formula is C6H7F3. The van der Waals surface area contributed by atoms with E-state index in [1.165, 1.54) is 12.2 Å². The molecule has 0 aromatic rings. The Balaban J connectivity index is 3.50. The highest BCUT2D eigenvalue weighted by molar-refractivity contribution is 4.97. The van der Waals surface area contributed by atoms with Crippen molar-refractivity contribution in [2.24, 2.45) is 0 Å². The molecule has 0 spiro atoms. The first-order chi connectivity index (χ1) is 4.06. The van der Waals surface area contributed by atoms with Crippen molar-refractivity contribution < 1.29 is 13.2 Å². The van der Waals surface area contributed by atoms with Crippen LogP contribution in [0, 0.1) is 0 Å². The van der Waals surface area contributed by atoms with Crippen LogP contribution in [0.3, 0.4) is 0 Å². The molecule has 3 heteroatoms. The predicted octanol–water partition coefficient (Wildman–Crippen LogP) is 2.68. The minimum absolute atomic E-state index is 0.876. The molecule has 0 heterocycles. The van der Waals surface area contributed by atoms with Gasteiger partial charge in [-0.2, -0.15) is 13.2 Å². The van der Waals surface area contributed by atoms with Gasteiger partial charge in [-0.1, -0.05) is 24.8 Å². The molecule has 0 saturated carbocycles. The quantitative estimate of drug-likeness (QED) is 0.512. The third kappa shape index (κ3) is 7.27. The van der Waals surface area contributed by atoms with Gasteiger partial charge in [0.05, 0.1) is 6.42 Å². The van der Waals surface area contributed by atoms with Gasteiger partial charge in [0.15, 0.2) is 0 Å². The van der Waals surface area contributed by atoms with Crippen LogP contribution >= 0.6 is 0 Å². The summed E-state index contributed by atoms with van der Waals surface area (Å²) in [6, 6.07) is 0. The molecule has 0 aliphatic heterocycles. The molecule has 0 atom stereocenters. The number of alkyl halides is 3. The van der Waals surface area contributed by atoms with E-state index in [0.717, 1.165) is 6.08 Å². The number of halogens is 3. The molecule has 9 heavy (non-hydrogen) atoms. The molecule has 0 unspecified atom stereocenters. The predicted molar refractivity (Wildman–Crippen MR) is 30.0 cm³/mol. The van der Waals surface area contributed by atoms with Crippen molar-refractivity contribution in [3.05, 3.63) is 24.8 Å². The van der Waals surface area contributed by atoms with Gasteiger partial charge < -0.3 is 0 Å². The fourth-order valence-corrected chi connectivity index (χ4v) is 0.298. The molecule has 0 saturated heterocycles. The van der Waals surface area contributed by atoms with Crippen LogP contribution in [-0.2, 0) is 0 Å². The first-order valence-corrected chi connectivity index (χ1v) is 2.40. The van der Waals surface area contributed by atoms with E-state index in [4.69, 9.17) is 0 Å². The van der Waals surface area contributed by atoms with Gasteiger partial charge in [0.25, 0.3) is 0 Å². The van der Waals surface area contributed by atoms with Crippen molar-refractivity contribution in [1.82, 2.24) is 0 Å². The zero-order valence-corrected chi connectivity index (χ0v) is 4.78. The second-order valence-electron chi connectivity index (χ2n) is 1.48. The van der Waals surface area contributed by atoms with E-state index in [-0.39, 0.29) is 0 Å². The van der Waals surface area contributed by atoms with Crippen molar-refractivity contribution in [1.29, 1.82) is 0 Å². The highest BCUT2D eigenvalue weighted by Gasteiger charge is 2.24. The minimum atomic E-state index is -4.08. The third-order valence-corrected chi connectivity index (χ3v) is 0.621. The monoisotopic (exact) mass is 136 g/mol. The summed E-state index contributed by atoms with van der Waals surface area (Å²) in [5.74, 6) is 0. The van der Waals surface area contributed by atoms with E-state index in [0.29, 0.717) is 0 Å². The van der Waals surface area contributed by atoms with Gasteiger partial charge in [-0.05, 0) is 0 Å². The zero-order chi connectivity index (χ0) is 7.33. The average Bonchev–Trinajstić information content (AvgIpc) is 1.63. The Morgan fingerprint density at radius 1 is 1.33 bits per heavy atom. The topological polar surface area (TPSA) is 0 Å². The van der Waals surface area contributed by atoms with Crippen molar-refractivity contribution in [2.45, 2.75) is 12.6 Å². The lowest BCUT2D eigenvalue weighted by molar-refractivity contribution is -0.125. The van der Waals surface area contributed by atoms with E-state index < -0.39 is 12.6 Å². The SMILES string of the molecule is C=C/C=C\CC(F)(F)F. The van der Waals surface area contributed by atoms with Crippen LogP contribution in [0.25, 0.3) is 0 Å². The van der Waals surface area contributed by atoms with Gasteiger partial charge in [-0.25, -0.2) is 0 Å². The first-order valence-electron chi connectivity index (χ1n) is 2.40. The lowest BCUT2D eigenvalue weighted by Gasteiger charge is -1.98. The minimum Gasteiger partial charge on any atom is -0.171 e. The van der Waals surface area contributed by atoms with Gasteiger partial charge in [0, 0.05) is 0 Å². The first kappa shape index (κ1) is 8.27. The van der Waals surface area contributed by atoms with E-state index in [1.807, 2.05) is 0 Å². The molecule has 0 N–H and O–H groups in total. The second kappa shape index (κ2) is 3.33. The summed E-state index contributed by atoms with van der Waals surface area (Å²) in [4.78, 5) is 0. The Labute approximate surface area is 51.7 Å². The third-order valence-electron chi connectivity index (χ3n) is 0.621. The van der Waals surface area contributed by atoms with Crippen LogP contribution in [0.2, 0.25) is 0 Å². The fraction of sp³-hybridized carbons (Fsp3) is 0.333. The molecule has 0 aromatic heterocycles. The molecule has 0 radical (unpaired) electrons. The Bertz CT molecular complexity index is 110. The molecule has 0 rings (SSSR count). The Morgan fingerprint density at radius 3 is 2.22 bits per heavy atom. The maximum absolute atomic E-state index is 11.3. The largest absolute Gasteiger partial charge is 0.392 e. The summed E-state index contributed by atoms with van der Waals surface area (Å²) < 4.78 is 33.9. The summed E-state index contributed by atoms with van der Waals surface area (Å²) in [5.41, 5.74) is 0. The van der Waals surface area contributed by atoms with Crippen LogP contribution in [-0.4, -0.2) is 6.18 Å². The van der Waals surface area contributed by atoms with Gasteiger partial charge in [-0.3, -0.25) is 0 Å². The molecule has 52 valence electrons. The summed E-state index contributed by atoms with van der Waals surface area (Å²) >= 11 is 0. The molecule has 0 amide bonds. The van der Waals surface area contributed by atoms with Gasteiger partial charge in [0.2, 0.25) is 0 Å². The molecular weight excluding hydrogens is 129 g/mol. The second-order valence-corrected chi connectivity index (χ2v) is 1.48. The summed E-state index contributed by atoms with van der Waals surface area (Å²) in [6.45, 7) is 3.23. The van der Waals surface area contributed by atoms with Crippen LogP contribution < -0.4 is 0 Å². The van der Waals surface area contributed by atoms with Gasteiger partial charge >= 0.3 is 6.18 Å². The standard InChI is InChI=1S/C6H7F3/c1-2-3-4-5-6(7,8)9/h2-4H,1,5H2/b4-3-. The summed E-state index contributed by atoms with van der Waals surface area (Å²) in [5, 5.41) is 0. The van der Waals surface area contributed by atoms with Crippen molar-refractivity contribution >= 4 is 0 Å².